The van der Waals surface area contributed by atoms with Crippen molar-refractivity contribution < 1.29 is 0 Å². The molecule has 2 aliphatic rings. The van der Waals surface area contributed by atoms with E-state index in [1.165, 1.54) is 38.2 Å². The summed E-state index contributed by atoms with van der Waals surface area (Å²) in [7, 11) is 5.54. The fourth-order valence-corrected chi connectivity index (χ4v) is 4.81. The highest BCUT2D eigenvalue weighted by Crippen LogP contribution is 2.72. The highest BCUT2D eigenvalue weighted by atomic mass is 31.0. The number of hydrogen-bond acceptors (Lipinski definition) is 0. The lowest BCUT2D eigenvalue weighted by Gasteiger charge is -2.39. The number of rotatable bonds is 4. The predicted octanol–water partition coefficient (Wildman–Crippen LogP) is 4.01. The lowest BCUT2D eigenvalue weighted by atomic mass is 9.59. The van der Waals surface area contributed by atoms with Crippen LogP contribution in [0.25, 0.3) is 0 Å². The second kappa shape index (κ2) is 4.06. The summed E-state index contributed by atoms with van der Waals surface area (Å²) in [5.74, 6) is 1.88. The van der Waals surface area contributed by atoms with Crippen LogP contribution in [0.5, 0.6) is 0 Å². The van der Waals surface area contributed by atoms with Gasteiger partial charge in [0.25, 0.3) is 0 Å². The first-order valence-electron chi connectivity index (χ1n) is 6.62. The van der Waals surface area contributed by atoms with Crippen molar-refractivity contribution in [3.8, 4) is 0 Å². The molecule has 2 aliphatic carbocycles. The molecule has 2 rings (SSSR count). The Morgan fingerprint density at radius 2 is 2.07 bits per heavy atom. The van der Waals surface area contributed by atoms with Crippen molar-refractivity contribution in [2.24, 2.45) is 16.7 Å². The third-order valence-electron chi connectivity index (χ3n) is 5.56. The van der Waals surface area contributed by atoms with E-state index in [2.05, 4.69) is 37.3 Å². The van der Waals surface area contributed by atoms with Gasteiger partial charge in [-0.1, -0.05) is 45.8 Å². The van der Waals surface area contributed by atoms with Crippen LogP contribution in [-0.4, -0.2) is 13.4 Å². The van der Waals surface area contributed by atoms with E-state index in [0.717, 1.165) is 11.7 Å². The fraction of sp³-hybridized carbons (Fsp3) is 1.00. The molecule has 0 aromatic heterocycles. The summed E-state index contributed by atoms with van der Waals surface area (Å²) >= 11 is 0. The second-order valence-corrected chi connectivity index (χ2v) is 6.59. The Balaban J connectivity index is 2.09. The molecular weight excluding hydrogens is 198 g/mol. The van der Waals surface area contributed by atoms with Crippen molar-refractivity contribution in [3.05, 3.63) is 0 Å². The van der Waals surface area contributed by atoms with E-state index in [9.17, 15) is 0 Å². The van der Waals surface area contributed by atoms with Crippen LogP contribution in [0, 0.1) is 16.7 Å². The molecule has 5 atom stereocenters. The van der Waals surface area contributed by atoms with Crippen LogP contribution >= 0.6 is 9.24 Å². The zero-order valence-electron chi connectivity index (χ0n) is 10.6. The van der Waals surface area contributed by atoms with Gasteiger partial charge in [-0.3, -0.25) is 0 Å². The van der Waals surface area contributed by atoms with E-state index in [1.54, 1.807) is 0 Å². The molecule has 15 heavy (non-hydrogen) atoms. The molecule has 1 radical (unpaired) electrons. The minimum absolute atomic E-state index is 0.630. The molecule has 2 saturated carbocycles. The molecule has 0 amide bonds. The van der Waals surface area contributed by atoms with Crippen molar-refractivity contribution >= 4 is 16.5 Å². The molecule has 0 spiro atoms. The van der Waals surface area contributed by atoms with Crippen LogP contribution in [0.4, 0.5) is 0 Å². The molecule has 0 aromatic rings. The van der Waals surface area contributed by atoms with Crippen molar-refractivity contribution in [2.75, 3.05) is 6.16 Å². The van der Waals surface area contributed by atoms with Crippen LogP contribution in [0.3, 0.4) is 0 Å². The summed E-state index contributed by atoms with van der Waals surface area (Å²) in [4.78, 5) is 0. The molecule has 0 heterocycles. The van der Waals surface area contributed by atoms with Gasteiger partial charge in [-0.05, 0) is 35.8 Å². The molecule has 0 bridgehead atoms. The Morgan fingerprint density at radius 1 is 1.33 bits per heavy atom. The number of hydrogen-bond donors (Lipinski definition) is 0. The first kappa shape index (κ1) is 12.0. The lowest BCUT2D eigenvalue weighted by Crippen LogP contribution is -2.33. The summed E-state index contributed by atoms with van der Waals surface area (Å²) in [6.45, 7) is 7.39. The Labute approximate surface area is 98.4 Å². The predicted molar refractivity (Wildman–Crippen MR) is 72.7 cm³/mol. The van der Waals surface area contributed by atoms with Crippen molar-refractivity contribution in [2.45, 2.75) is 58.6 Å². The average molecular weight is 223 g/mol. The lowest BCUT2D eigenvalue weighted by molar-refractivity contribution is 0.129. The molecule has 85 valence electrons. The highest BCUT2D eigenvalue weighted by molar-refractivity contribution is 7.16. The maximum atomic E-state index is 2.98. The molecule has 0 nitrogen and oxygen atoms in total. The minimum Gasteiger partial charge on any atom is -0.137 e. The topological polar surface area (TPSA) is 0 Å². The standard InChI is InChI=1S/C13H25BP/c1-4-14-11-8-13(11,3)12(2)7-5-6-10(12)9-15/h10-11H,4-9,15H2,1-3H3/t10?,11?,12-,13?/m0/s1. The smallest absolute Gasteiger partial charge is 0.114 e. The van der Waals surface area contributed by atoms with Gasteiger partial charge >= 0.3 is 0 Å². The highest BCUT2D eigenvalue weighted by Gasteiger charge is 2.62. The van der Waals surface area contributed by atoms with Gasteiger partial charge in [0.15, 0.2) is 0 Å². The van der Waals surface area contributed by atoms with Gasteiger partial charge in [0.2, 0.25) is 0 Å². The molecule has 2 fully saturated rings. The summed E-state index contributed by atoms with van der Waals surface area (Å²) in [6, 6.07) is 0. The summed E-state index contributed by atoms with van der Waals surface area (Å²) in [5, 5.41) is 0. The summed E-state index contributed by atoms with van der Waals surface area (Å²) < 4.78 is 0. The van der Waals surface area contributed by atoms with Gasteiger partial charge in [0, 0.05) is 0 Å². The normalized spacial score (nSPS) is 49.3. The Kier molecular flexibility index (Phi) is 3.24. The van der Waals surface area contributed by atoms with Crippen molar-refractivity contribution in [1.82, 2.24) is 0 Å². The largest absolute Gasteiger partial charge is 0.137 e. The third-order valence-corrected chi connectivity index (χ3v) is 6.13. The Hall–Kier alpha value is 0.495. The van der Waals surface area contributed by atoms with Gasteiger partial charge in [-0.15, -0.1) is 9.24 Å². The van der Waals surface area contributed by atoms with E-state index in [-0.39, 0.29) is 0 Å². The van der Waals surface area contributed by atoms with Gasteiger partial charge < -0.3 is 0 Å². The van der Waals surface area contributed by atoms with E-state index in [4.69, 9.17) is 0 Å². The second-order valence-electron chi connectivity index (χ2n) is 6.11. The van der Waals surface area contributed by atoms with Crippen molar-refractivity contribution in [3.63, 3.8) is 0 Å². The van der Waals surface area contributed by atoms with Gasteiger partial charge in [-0.2, -0.15) is 0 Å². The molecule has 0 saturated heterocycles. The van der Waals surface area contributed by atoms with Crippen LogP contribution in [0.2, 0.25) is 12.1 Å². The van der Waals surface area contributed by atoms with E-state index >= 15 is 0 Å². The van der Waals surface area contributed by atoms with Crippen LogP contribution in [0.1, 0.15) is 46.5 Å². The molecule has 2 heteroatoms. The van der Waals surface area contributed by atoms with Crippen molar-refractivity contribution in [1.29, 1.82) is 0 Å². The van der Waals surface area contributed by atoms with E-state index in [0.29, 0.717) is 10.8 Å². The molecule has 0 N–H and O–H groups in total. The zero-order chi connectivity index (χ0) is 11.1. The Bertz CT molecular complexity index is 243. The monoisotopic (exact) mass is 223 g/mol. The molecule has 0 aromatic carbocycles. The fourth-order valence-electron chi connectivity index (χ4n) is 4.05. The quantitative estimate of drug-likeness (QED) is 0.499. The Morgan fingerprint density at radius 3 is 2.67 bits per heavy atom. The SMILES string of the molecule is CC[B]C1CC1(C)[C@@]1(C)CCCC1CP. The summed E-state index contributed by atoms with van der Waals surface area (Å²) in [5.41, 5.74) is 1.27. The van der Waals surface area contributed by atoms with Crippen LogP contribution < -0.4 is 0 Å². The van der Waals surface area contributed by atoms with Gasteiger partial charge in [0.1, 0.15) is 7.28 Å². The van der Waals surface area contributed by atoms with Gasteiger partial charge in [0.05, 0.1) is 0 Å². The minimum atomic E-state index is 0.630. The van der Waals surface area contributed by atoms with E-state index in [1.807, 2.05) is 0 Å². The maximum absolute atomic E-state index is 2.98. The molecule has 4 unspecified atom stereocenters. The van der Waals surface area contributed by atoms with Gasteiger partial charge in [-0.25, -0.2) is 0 Å². The third kappa shape index (κ3) is 1.70. The first-order chi connectivity index (χ1) is 7.08. The average Bonchev–Trinajstić information content (AvgIpc) is 2.72. The van der Waals surface area contributed by atoms with Crippen LogP contribution in [0.15, 0.2) is 0 Å². The molecular formula is C13H25BP. The first-order valence-corrected chi connectivity index (χ1v) is 7.43. The summed E-state index contributed by atoms with van der Waals surface area (Å²) in [6.07, 6.45) is 8.42. The van der Waals surface area contributed by atoms with Crippen LogP contribution in [-0.2, 0) is 0 Å². The van der Waals surface area contributed by atoms with E-state index < -0.39 is 0 Å². The molecule has 0 aliphatic heterocycles. The maximum Gasteiger partial charge on any atom is 0.114 e. The zero-order valence-corrected chi connectivity index (χ0v) is 11.7.